The molecule has 0 amide bonds. The molecular weight excluding hydrogens is 659 g/mol. The molecule has 9 aromatic carbocycles. The van der Waals surface area contributed by atoms with Crippen LogP contribution in [0.25, 0.3) is 115 Å². The van der Waals surface area contributed by atoms with Crippen molar-refractivity contribution in [2.24, 2.45) is 0 Å². The molecule has 3 aromatic heterocycles. The zero-order valence-electron chi connectivity index (χ0n) is 29.0. The maximum Gasteiger partial charge on any atom is 0.235 e. The maximum atomic E-state index is 6.83. The van der Waals surface area contributed by atoms with Crippen molar-refractivity contribution in [3.05, 3.63) is 176 Å². The first-order valence-corrected chi connectivity index (χ1v) is 18.3. The number of rotatable bonds is 3. The van der Waals surface area contributed by atoms with Crippen LogP contribution in [0.15, 0.2) is 180 Å². The van der Waals surface area contributed by atoms with Gasteiger partial charge in [-0.2, -0.15) is 0 Å². The van der Waals surface area contributed by atoms with Gasteiger partial charge >= 0.3 is 0 Å². The van der Waals surface area contributed by atoms with E-state index in [0.717, 1.165) is 93.2 Å². The molecule has 3 heterocycles. The molecule has 0 aliphatic carbocycles. The zero-order chi connectivity index (χ0) is 35.3. The van der Waals surface area contributed by atoms with Gasteiger partial charge in [-0.05, 0) is 51.2 Å². The van der Waals surface area contributed by atoms with E-state index < -0.39 is 0 Å². The fourth-order valence-electron chi connectivity index (χ4n) is 8.80. The summed E-state index contributed by atoms with van der Waals surface area (Å²) < 4.78 is 9.13. The summed E-state index contributed by atoms with van der Waals surface area (Å²) in [6, 6.07) is 62.4. The Morgan fingerprint density at radius 1 is 0.444 bits per heavy atom. The van der Waals surface area contributed by atoms with E-state index in [1.807, 2.05) is 6.07 Å². The molecule has 0 spiro atoms. The lowest BCUT2D eigenvalue weighted by atomic mass is 9.93. The summed E-state index contributed by atoms with van der Waals surface area (Å²) in [4.78, 5) is 11.1. The number of aromatic nitrogens is 3. The fraction of sp³-hybridized carbons (Fsp3) is 0. The molecule has 12 rings (SSSR count). The van der Waals surface area contributed by atoms with Crippen molar-refractivity contribution < 1.29 is 4.42 Å². The van der Waals surface area contributed by atoms with Crippen molar-refractivity contribution in [2.45, 2.75) is 0 Å². The number of furan rings is 1. The molecule has 0 aliphatic rings. The number of benzene rings is 9. The first-order chi connectivity index (χ1) is 26.8. The Balaban J connectivity index is 1.31. The SMILES string of the molecule is c1ccc(-c2nc(-n3c4ccc5ccccc5c4c4cccc(-c5c6ccccc6cc6c5oc5ccccc56)c43)nc3c2ccc2ccccc23)cc1. The average molecular weight is 688 g/mol. The van der Waals surface area contributed by atoms with Crippen LogP contribution < -0.4 is 0 Å². The van der Waals surface area contributed by atoms with Gasteiger partial charge in [-0.1, -0.05) is 152 Å². The van der Waals surface area contributed by atoms with Crippen molar-refractivity contribution >= 4 is 87.0 Å². The Labute approximate surface area is 309 Å². The molecule has 0 bridgehead atoms. The second-order valence-electron chi connectivity index (χ2n) is 14.1. The quantitative estimate of drug-likeness (QED) is 0.174. The highest BCUT2D eigenvalue weighted by Crippen LogP contribution is 2.47. The lowest BCUT2D eigenvalue weighted by molar-refractivity contribution is 0.670. The standard InChI is InChI=1S/C50H29N3O/c1-2-15-32(16-3-1)46-40-27-25-31-14-5-9-20-36(31)47(40)52-50(51-46)53-42-28-26-30-13-4-7-18-34(30)44(42)38-22-12-23-39(48(38)53)45-35-19-8-6-17-33(35)29-41-37-21-10-11-24-43(37)54-49(41)45/h1-29H. The maximum absolute atomic E-state index is 6.83. The predicted molar refractivity (Wildman–Crippen MR) is 225 cm³/mol. The molecule has 4 heteroatoms. The van der Waals surface area contributed by atoms with Crippen LogP contribution in [0, 0.1) is 0 Å². The van der Waals surface area contributed by atoms with Crippen LogP contribution in [-0.4, -0.2) is 14.5 Å². The van der Waals surface area contributed by atoms with Crippen LogP contribution in [-0.2, 0) is 0 Å². The van der Waals surface area contributed by atoms with Gasteiger partial charge in [0.1, 0.15) is 11.2 Å². The van der Waals surface area contributed by atoms with Crippen molar-refractivity contribution in [2.75, 3.05) is 0 Å². The lowest BCUT2D eigenvalue weighted by Gasteiger charge is -2.15. The number of para-hydroxylation sites is 2. The van der Waals surface area contributed by atoms with Gasteiger partial charge in [0.2, 0.25) is 5.95 Å². The molecule has 12 aromatic rings. The third kappa shape index (κ3) is 4.08. The molecule has 0 saturated heterocycles. The lowest BCUT2D eigenvalue weighted by Crippen LogP contribution is -2.04. The van der Waals surface area contributed by atoms with E-state index in [1.165, 1.54) is 16.2 Å². The summed E-state index contributed by atoms with van der Waals surface area (Å²) in [5.41, 5.74) is 8.85. The predicted octanol–water partition coefficient (Wildman–Crippen LogP) is 13.4. The van der Waals surface area contributed by atoms with Crippen molar-refractivity contribution in [1.82, 2.24) is 14.5 Å². The summed E-state index contributed by atoms with van der Waals surface area (Å²) in [5.74, 6) is 0.626. The smallest absolute Gasteiger partial charge is 0.235 e. The Bertz CT molecular complexity index is 3500. The average Bonchev–Trinajstić information content (AvgIpc) is 3.79. The van der Waals surface area contributed by atoms with Crippen LogP contribution in [0.3, 0.4) is 0 Å². The molecular formula is C50H29N3O. The molecule has 0 radical (unpaired) electrons. The first kappa shape index (κ1) is 29.3. The number of fused-ring (bicyclic) bond motifs is 12. The van der Waals surface area contributed by atoms with Gasteiger partial charge in [-0.3, -0.25) is 4.57 Å². The summed E-state index contributed by atoms with van der Waals surface area (Å²) in [6.45, 7) is 0. The summed E-state index contributed by atoms with van der Waals surface area (Å²) in [7, 11) is 0. The second-order valence-corrected chi connectivity index (χ2v) is 14.1. The van der Waals surface area contributed by atoms with E-state index in [-0.39, 0.29) is 0 Å². The van der Waals surface area contributed by atoms with Gasteiger partial charge in [0.25, 0.3) is 0 Å². The molecule has 4 nitrogen and oxygen atoms in total. The van der Waals surface area contributed by atoms with E-state index >= 15 is 0 Å². The van der Waals surface area contributed by atoms with Crippen LogP contribution in [0.4, 0.5) is 0 Å². The van der Waals surface area contributed by atoms with E-state index in [0.29, 0.717) is 5.95 Å². The second kappa shape index (κ2) is 11.1. The van der Waals surface area contributed by atoms with E-state index in [4.69, 9.17) is 14.4 Å². The highest BCUT2D eigenvalue weighted by atomic mass is 16.3. The van der Waals surface area contributed by atoms with Gasteiger partial charge < -0.3 is 4.42 Å². The van der Waals surface area contributed by atoms with E-state index in [1.54, 1.807) is 0 Å². The van der Waals surface area contributed by atoms with E-state index in [2.05, 4.69) is 174 Å². The third-order valence-corrected chi connectivity index (χ3v) is 11.2. The van der Waals surface area contributed by atoms with Gasteiger partial charge in [-0.25, -0.2) is 9.97 Å². The molecule has 0 unspecified atom stereocenters. The molecule has 0 fully saturated rings. The third-order valence-electron chi connectivity index (χ3n) is 11.2. The highest BCUT2D eigenvalue weighted by molar-refractivity contribution is 6.26. The zero-order valence-corrected chi connectivity index (χ0v) is 29.0. The Hall–Kier alpha value is -7.30. The van der Waals surface area contributed by atoms with Crippen LogP contribution in [0.1, 0.15) is 0 Å². The topological polar surface area (TPSA) is 43.9 Å². The Morgan fingerprint density at radius 3 is 1.96 bits per heavy atom. The highest BCUT2D eigenvalue weighted by Gasteiger charge is 2.25. The van der Waals surface area contributed by atoms with Gasteiger partial charge in [0.05, 0.1) is 22.2 Å². The van der Waals surface area contributed by atoms with E-state index in [9.17, 15) is 0 Å². The van der Waals surface area contributed by atoms with Gasteiger partial charge in [0.15, 0.2) is 0 Å². The number of hydrogen-bond acceptors (Lipinski definition) is 3. The number of hydrogen-bond donors (Lipinski definition) is 0. The molecule has 0 saturated carbocycles. The largest absolute Gasteiger partial charge is 0.455 e. The first-order valence-electron chi connectivity index (χ1n) is 18.3. The molecule has 0 aliphatic heterocycles. The monoisotopic (exact) mass is 687 g/mol. The van der Waals surface area contributed by atoms with Crippen molar-refractivity contribution in [3.8, 4) is 28.3 Å². The molecule has 250 valence electrons. The van der Waals surface area contributed by atoms with Gasteiger partial charge in [-0.15, -0.1) is 0 Å². The molecule has 0 atom stereocenters. The Kier molecular flexibility index (Phi) is 6.02. The fourth-order valence-corrected chi connectivity index (χ4v) is 8.80. The normalized spacial score (nSPS) is 12.1. The number of nitrogens with zero attached hydrogens (tertiary/aromatic N) is 3. The molecule has 0 N–H and O–H groups in total. The summed E-state index contributed by atoms with van der Waals surface area (Å²) in [5, 5.41) is 12.5. The van der Waals surface area contributed by atoms with Crippen molar-refractivity contribution in [3.63, 3.8) is 0 Å². The molecule has 54 heavy (non-hydrogen) atoms. The van der Waals surface area contributed by atoms with Gasteiger partial charge in [0, 0.05) is 49.0 Å². The summed E-state index contributed by atoms with van der Waals surface area (Å²) >= 11 is 0. The van der Waals surface area contributed by atoms with Crippen LogP contribution in [0.2, 0.25) is 0 Å². The van der Waals surface area contributed by atoms with Crippen LogP contribution >= 0.6 is 0 Å². The van der Waals surface area contributed by atoms with Crippen LogP contribution in [0.5, 0.6) is 0 Å². The minimum atomic E-state index is 0.626. The van der Waals surface area contributed by atoms with Crippen molar-refractivity contribution in [1.29, 1.82) is 0 Å². The summed E-state index contributed by atoms with van der Waals surface area (Å²) in [6.07, 6.45) is 0. The minimum Gasteiger partial charge on any atom is -0.455 e. The Morgan fingerprint density at radius 2 is 1.11 bits per heavy atom. The minimum absolute atomic E-state index is 0.626.